The summed E-state index contributed by atoms with van der Waals surface area (Å²) >= 11 is 3.66. The van der Waals surface area contributed by atoms with Crippen molar-refractivity contribution in [1.29, 1.82) is 0 Å². The van der Waals surface area contributed by atoms with Gasteiger partial charge in [-0.05, 0) is 77.9 Å². The van der Waals surface area contributed by atoms with Crippen LogP contribution in [0.3, 0.4) is 0 Å². The third-order valence-electron chi connectivity index (χ3n) is 5.45. The predicted octanol–water partition coefficient (Wildman–Crippen LogP) is 3.19. The molecule has 1 N–H and O–H groups in total. The second-order valence-electron chi connectivity index (χ2n) is 7.17. The summed E-state index contributed by atoms with van der Waals surface area (Å²) in [6.45, 7) is 7.29. The molecule has 2 saturated heterocycles. The van der Waals surface area contributed by atoms with Gasteiger partial charge in [0.15, 0.2) is 11.5 Å². The van der Waals surface area contributed by atoms with E-state index in [1.54, 1.807) is 0 Å². The van der Waals surface area contributed by atoms with Gasteiger partial charge in [-0.3, -0.25) is 4.90 Å². The van der Waals surface area contributed by atoms with Crippen molar-refractivity contribution >= 4 is 15.9 Å². The van der Waals surface area contributed by atoms with E-state index in [1.807, 2.05) is 0 Å². The summed E-state index contributed by atoms with van der Waals surface area (Å²) in [6.07, 6.45) is 4.95. The molecular weight excluding hydrogens is 356 g/mol. The fraction of sp³-hybridized carbons (Fsp3) is 0.667. The number of fused-ring (bicyclic) bond motifs is 1. The maximum absolute atomic E-state index is 5.86. The van der Waals surface area contributed by atoms with E-state index in [9.17, 15) is 0 Å². The van der Waals surface area contributed by atoms with Crippen LogP contribution in [0.15, 0.2) is 16.6 Å². The molecule has 0 radical (unpaired) electrons. The Labute approximate surface area is 146 Å². The molecule has 1 spiro atoms. The quantitative estimate of drug-likeness (QED) is 0.853. The first kappa shape index (κ1) is 15.7. The molecule has 1 aromatic carbocycles. The predicted molar refractivity (Wildman–Crippen MR) is 94.2 cm³/mol. The number of rotatable bonds is 2. The smallest absolute Gasteiger partial charge is 0.175 e. The monoisotopic (exact) mass is 380 g/mol. The Kier molecular flexibility index (Phi) is 4.52. The van der Waals surface area contributed by atoms with E-state index < -0.39 is 0 Å². The van der Waals surface area contributed by atoms with Gasteiger partial charge < -0.3 is 14.8 Å². The number of halogens is 1. The van der Waals surface area contributed by atoms with Crippen molar-refractivity contribution in [1.82, 2.24) is 10.2 Å². The largest absolute Gasteiger partial charge is 0.490 e. The molecule has 3 heterocycles. The molecule has 4 nitrogen and oxygen atoms in total. The summed E-state index contributed by atoms with van der Waals surface area (Å²) in [5.41, 5.74) is 1.88. The summed E-state index contributed by atoms with van der Waals surface area (Å²) in [7, 11) is 0. The van der Waals surface area contributed by atoms with Gasteiger partial charge in [-0.2, -0.15) is 0 Å². The van der Waals surface area contributed by atoms with Crippen LogP contribution in [0.1, 0.15) is 31.2 Å². The number of hydrogen-bond donors (Lipinski definition) is 1. The highest BCUT2D eigenvalue weighted by molar-refractivity contribution is 9.10. The number of hydrogen-bond acceptors (Lipinski definition) is 4. The molecule has 23 heavy (non-hydrogen) atoms. The van der Waals surface area contributed by atoms with Crippen molar-refractivity contribution < 1.29 is 9.47 Å². The minimum atomic E-state index is 0.563. The molecule has 3 aliphatic rings. The second-order valence-corrected chi connectivity index (χ2v) is 8.02. The molecule has 2 fully saturated rings. The molecular formula is C18H25BrN2O2. The van der Waals surface area contributed by atoms with Crippen LogP contribution in [0.25, 0.3) is 0 Å². The molecule has 0 amide bonds. The van der Waals surface area contributed by atoms with Gasteiger partial charge in [0.25, 0.3) is 0 Å². The molecule has 0 saturated carbocycles. The highest BCUT2D eigenvalue weighted by Crippen LogP contribution is 2.41. The first-order valence-corrected chi connectivity index (χ1v) is 9.55. The number of benzene rings is 1. The number of piperidine rings is 1. The van der Waals surface area contributed by atoms with Crippen molar-refractivity contribution in [3.05, 3.63) is 22.2 Å². The molecule has 0 bridgehead atoms. The lowest BCUT2D eigenvalue weighted by Gasteiger charge is -2.34. The van der Waals surface area contributed by atoms with Gasteiger partial charge in [0, 0.05) is 19.5 Å². The normalized spacial score (nSPS) is 23.9. The Hall–Kier alpha value is -0.780. The van der Waals surface area contributed by atoms with Crippen LogP contribution in [0, 0.1) is 5.41 Å². The van der Waals surface area contributed by atoms with Crippen molar-refractivity contribution in [2.45, 2.75) is 32.2 Å². The Balaban J connectivity index is 1.47. The van der Waals surface area contributed by atoms with E-state index >= 15 is 0 Å². The molecule has 0 aromatic heterocycles. The van der Waals surface area contributed by atoms with E-state index in [0.29, 0.717) is 5.41 Å². The average molecular weight is 381 g/mol. The van der Waals surface area contributed by atoms with Crippen LogP contribution in [0.5, 0.6) is 11.5 Å². The summed E-state index contributed by atoms with van der Waals surface area (Å²) < 4.78 is 12.7. The maximum Gasteiger partial charge on any atom is 0.175 e. The summed E-state index contributed by atoms with van der Waals surface area (Å²) in [6, 6.07) is 4.36. The van der Waals surface area contributed by atoms with E-state index in [-0.39, 0.29) is 0 Å². The van der Waals surface area contributed by atoms with Crippen LogP contribution >= 0.6 is 15.9 Å². The van der Waals surface area contributed by atoms with Crippen molar-refractivity contribution in [3.63, 3.8) is 0 Å². The van der Waals surface area contributed by atoms with Gasteiger partial charge >= 0.3 is 0 Å². The number of nitrogens with zero attached hydrogens (tertiary/aromatic N) is 1. The standard InChI is InChI=1S/C18H25BrN2O2/c19-15-10-14(11-16-17(15)23-9-1-8-22-16)12-21-7-4-18(13-21)2-5-20-6-3-18/h10-11,20H,1-9,12-13H2. The average Bonchev–Trinajstić information content (AvgIpc) is 2.77. The molecule has 0 aliphatic carbocycles. The van der Waals surface area contributed by atoms with E-state index in [4.69, 9.17) is 9.47 Å². The zero-order valence-electron chi connectivity index (χ0n) is 13.6. The molecule has 0 atom stereocenters. The Bertz CT molecular complexity index is 572. The zero-order chi connectivity index (χ0) is 15.7. The minimum absolute atomic E-state index is 0.563. The lowest BCUT2D eigenvalue weighted by atomic mass is 9.78. The van der Waals surface area contributed by atoms with Crippen LogP contribution < -0.4 is 14.8 Å². The topological polar surface area (TPSA) is 33.7 Å². The lowest BCUT2D eigenvalue weighted by Crippen LogP contribution is -2.38. The first-order chi connectivity index (χ1) is 11.2. The highest BCUT2D eigenvalue weighted by atomic mass is 79.9. The zero-order valence-corrected chi connectivity index (χ0v) is 15.2. The summed E-state index contributed by atoms with van der Waals surface area (Å²) in [5.74, 6) is 1.75. The van der Waals surface area contributed by atoms with Gasteiger partial charge in [-0.1, -0.05) is 0 Å². The van der Waals surface area contributed by atoms with Crippen LogP contribution in [-0.4, -0.2) is 44.3 Å². The first-order valence-electron chi connectivity index (χ1n) is 8.75. The third-order valence-corrected chi connectivity index (χ3v) is 6.04. The Morgan fingerprint density at radius 3 is 2.83 bits per heavy atom. The fourth-order valence-electron chi connectivity index (χ4n) is 4.16. The highest BCUT2D eigenvalue weighted by Gasteiger charge is 2.38. The molecule has 126 valence electrons. The van der Waals surface area contributed by atoms with Crippen molar-refractivity contribution in [2.24, 2.45) is 5.41 Å². The summed E-state index contributed by atoms with van der Waals surface area (Å²) in [4.78, 5) is 2.61. The number of nitrogens with one attached hydrogen (secondary N) is 1. The number of ether oxygens (including phenoxy) is 2. The van der Waals surface area contributed by atoms with Crippen molar-refractivity contribution in [2.75, 3.05) is 39.4 Å². The number of likely N-dealkylation sites (tertiary alicyclic amines) is 1. The third kappa shape index (κ3) is 3.37. The van der Waals surface area contributed by atoms with Gasteiger partial charge in [-0.25, -0.2) is 0 Å². The molecule has 1 aromatic rings. The van der Waals surface area contributed by atoms with Crippen LogP contribution in [-0.2, 0) is 6.54 Å². The van der Waals surface area contributed by atoms with Crippen LogP contribution in [0.4, 0.5) is 0 Å². The summed E-state index contributed by atoms with van der Waals surface area (Å²) in [5, 5.41) is 3.49. The van der Waals surface area contributed by atoms with E-state index in [1.165, 1.54) is 51.0 Å². The SMILES string of the molecule is Brc1cc(CN2CCC3(CCNCC3)C2)cc2c1OCCCO2. The Morgan fingerprint density at radius 2 is 1.96 bits per heavy atom. The molecule has 3 aliphatic heterocycles. The molecule has 5 heteroatoms. The van der Waals surface area contributed by atoms with Gasteiger partial charge in [0.1, 0.15) is 0 Å². The molecule has 4 rings (SSSR count). The van der Waals surface area contributed by atoms with Crippen LogP contribution in [0.2, 0.25) is 0 Å². The maximum atomic E-state index is 5.86. The van der Waals surface area contributed by atoms with Gasteiger partial charge in [0.2, 0.25) is 0 Å². The van der Waals surface area contributed by atoms with Gasteiger partial charge in [0.05, 0.1) is 17.7 Å². The lowest BCUT2D eigenvalue weighted by molar-refractivity contribution is 0.194. The molecule has 0 unspecified atom stereocenters. The fourth-order valence-corrected chi connectivity index (χ4v) is 4.77. The Morgan fingerprint density at radius 1 is 1.13 bits per heavy atom. The van der Waals surface area contributed by atoms with Gasteiger partial charge in [-0.15, -0.1) is 0 Å². The van der Waals surface area contributed by atoms with Crippen molar-refractivity contribution in [3.8, 4) is 11.5 Å². The minimum Gasteiger partial charge on any atom is -0.490 e. The second kappa shape index (κ2) is 6.61. The van der Waals surface area contributed by atoms with E-state index in [0.717, 1.165) is 42.2 Å². The van der Waals surface area contributed by atoms with E-state index in [2.05, 4.69) is 38.3 Å².